The maximum Gasteiger partial charge on any atom is 0.435 e. The summed E-state index contributed by atoms with van der Waals surface area (Å²) in [5.41, 5.74) is -0.907. The monoisotopic (exact) mass is 370 g/mol. The Bertz CT molecular complexity index is 886. The first-order valence-electron chi connectivity index (χ1n) is 7.96. The molecule has 1 aliphatic heterocycles. The third kappa shape index (κ3) is 3.50. The molecule has 2 aromatic heterocycles. The van der Waals surface area contributed by atoms with Crippen LogP contribution in [0.1, 0.15) is 27.3 Å². The Labute approximate surface area is 146 Å². The first-order chi connectivity index (χ1) is 12.3. The van der Waals surface area contributed by atoms with Crippen molar-refractivity contribution in [2.45, 2.75) is 25.7 Å². The van der Waals surface area contributed by atoms with Crippen molar-refractivity contribution in [3.63, 3.8) is 0 Å². The lowest BCUT2D eigenvalue weighted by Crippen LogP contribution is -2.34. The molecule has 0 saturated heterocycles. The topological polar surface area (TPSA) is 78.2 Å². The van der Waals surface area contributed by atoms with Crippen LogP contribution in [0.4, 0.5) is 13.2 Å². The summed E-state index contributed by atoms with van der Waals surface area (Å²) >= 11 is 0. The predicted octanol–water partition coefficient (Wildman–Crippen LogP) is 1.10. The van der Waals surface area contributed by atoms with Gasteiger partial charge in [-0.3, -0.25) is 14.3 Å². The van der Waals surface area contributed by atoms with E-state index in [2.05, 4.69) is 10.4 Å². The third-order valence-electron chi connectivity index (χ3n) is 4.14. The Kier molecular flexibility index (Phi) is 4.86. The molecule has 2 aromatic rings. The zero-order chi connectivity index (χ0) is 18.9. The van der Waals surface area contributed by atoms with E-state index in [-0.39, 0.29) is 30.8 Å². The first kappa shape index (κ1) is 18.2. The fraction of sp³-hybridized carbons (Fsp3) is 0.438. The number of hydrogen-bond acceptors (Lipinski definition) is 4. The first-order valence-corrected chi connectivity index (χ1v) is 7.96. The summed E-state index contributed by atoms with van der Waals surface area (Å²) in [6, 6.07) is 2.96. The Morgan fingerprint density at radius 2 is 2.19 bits per heavy atom. The second kappa shape index (κ2) is 6.94. The normalized spacial score (nSPS) is 14.2. The van der Waals surface area contributed by atoms with Gasteiger partial charge in [0.05, 0.1) is 19.8 Å². The van der Waals surface area contributed by atoms with Gasteiger partial charge in [-0.2, -0.15) is 18.3 Å². The minimum absolute atomic E-state index is 0.0260. The summed E-state index contributed by atoms with van der Waals surface area (Å²) in [4.78, 5) is 24.0. The number of aryl methyl sites for hydroxylation is 1. The summed E-state index contributed by atoms with van der Waals surface area (Å²) < 4.78 is 47.0. The van der Waals surface area contributed by atoms with E-state index in [1.54, 1.807) is 6.07 Å². The lowest BCUT2D eigenvalue weighted by molar-refractivity contribution is -0.142. The van der Waals surface area contributed by atoms with E-state index >= 15 is 0 Å². The van der Waals surface area contributed by atoms with Gasteiger partial charge in [-0.25, -0.2) is 0 Å². The van der Waals surface area contributed by atoms with Crippen LogP contribution in [0.15, 0.2) is 23.1 Å². The van der Waals surface area contributed by atoms with Crippen LogP contribution in [0, 0.1) is 0 Å². The molecule has 0 fully saturated rings. The average Bonchev–Trinajstić information content (AvgIpc) is 2.96. The van der Waals surface area contributed by atoms with Crippen LogP contribution >= 0.6 is 0 Å². The Morgan fingerprint density at radius 1 is 1.42 bits per heavy atom. The van der Waals surface area contributed by atoms with Crippen LogP contribution in [-0.4, -0.2) is 33.4 Å². The molecule has 7 nitrogen and oxygen atoms in total. The molecule has 0 unspecified atom stereocenters. The van der Waals surface area contributed by atoms with Crippen molar-refractivity contribution in [1.82, 2.24) is 19.7 Å². The maximum atomic E-state index is 13.1. The number of hydrogen-bond donors (Lipinski definition) is 1. The lowest BCUT2D eigenvalue weighted by atomic mass is 10.1. The summed E-state index contributed by atoms with van der Waals surface area (Å²) in [6.45, 7) is 0.305. The Balaban J connectivity index is 1.72. The maximum absolute atomic E-state index is 13.1. The molecule has 0 radical (unpaired) electrons. The van der Waals surface area contributed by atoms with Gasteiger partial charge in [0.1, 0.15) is 5.56 Å². The standard InChI is InChI=1S/C16H17F3N4O3/c1-22-6-2-3-10(15(22)25)14(24)20-5-7-23-12-4-8-26-9-11(12)13(21-23)16(17,18)19/h2-3,6H,4-5,7-9H2,1H3,(H,20,24). The van der Waals surface area contributed by atoms with Crippen molar-refractivity contribution in [1.29, 1.82) is 0 Å². The highest BCUT2D eigenvalue weighted by atomic mass is 19.4. The van der Waals surface area contributed by atoms with Crippen LogP contribution in [0.2, 0.25) is 0 Å². The number of alkyl halides is 3. The number of amides is 1. The van der Waals surface area contributed by atoms with Gasteiger partial charge in [-0.1, -0.05) is 0 Å². The van der Waals surface area contributed by atoms with Crippen molar-refractivity contribution < 1.29 is 22.7 Å². The molecule has 10 heteroatoms. The van der Waals surface area contributed by atoms with E-state index in [4.69, 9.17) is 4.74 Å². The number of nitrogens with zero attached hydrogens (tertiary/aromatic N) is 3. The van der Waals surface area contributed by atoms with E-state index < -0.39 is 23.3 Å². The van der Waals surface area contributed by atoms with Gasteiger partial charge in [0, 0.05) is 37.5 Å². The molecular weight excluding hydrogens is 353 g/mol. The number of aromatic nitrogens is 3. The number of ether oxygens (including phenoxy) is 1. The molecule has 0 spiro atoms. The molecule has 1 aliphatic rings. The fourth-order valence-corrected chi connectivity index (χ4v) is 2.86. The van der Waals surface area contributed by atoms with Crippen molar-refractivity contribution in [2.24, 2.45) is 7.05 Å². The number of carbonyl (C=O) groups is 1. The third-order valence-corrected chi connectivity index (χ3v) is 4.14. The molecular formula is C16H17F3N4O3. The molecule has 1 amide bonds. The van der Waals surface area contributed by atoms with Gasteiger partial charge in [0.15, 0.2) is 5.69 Å². The molecule has 26 heavy (non-hydrogen) atoms. The minimum atomic E-state index is -4.56. The Morgan fingerprint density at radius 3 is 2.92 bits per heavy atom. The lowest BCUT2D eigenvalue weighted by Gasteiger charge is -2.15. The van der Waals surface area contributed by atoms with Crippen LogP contribution in [0.3, 0.4) is 0 Å². The molecule has 0 atom stereocenters. The van der Waals surface area contributed by atoms with E-state index in [9.17, 15) is 22.8 Å². The van der Waals surface area contributed by atoms with E-state index in [1.807, 2.05) is 0 Å². The van der Waals surface area contributed by atoms with Crippen molar-refractivity contribution >= 4 is 5.91 Å². The number of nitrogens with one attached hydrogen (secondary N) is 1. The zero-order valence-corrected chi connectivity index (χ0v) is 14.0. The van der Waals surface area contributed by atoms with Crippen molar-refractivity contribution in [3.8, 4) is 0 Å². The SMILES string of the molecule is Cn1cccc(C(=O)NCCn2nc(C(F)(F)F)c3c2CCOC3)c1=O. The summed E-state index contributed by atoms with van der Waals surface area (Å²) in [5, 5.41) is 6.20. The van der Waals surface area contributed by atoms with Gasteiger partial charge in [-0.05, 0) is 12.1 Å². The highest BCUT2D eigenvalue weighted by Gasteiger charge is 2.39. The number of rotatable bonds is 4. The van der Waals surface area contributed by atoms with Gasteiger partial charge in [-0.15, -0.1) is 0 Å². The van der Waals surface area contributed by atoms with E-state index in [0.29, 0.717) is 18.7 Å². The van der Waals surface area contributed by atoms with Crippen LogP contribution in [0.25, 0.3) is 0 Å². The predicted molar refractivity (Wildman–Crippen MR) is 84.6 cm³/mol. The van der Waals surface area contributed by atoms with E-state index in [1.165, 1.54) is 28.6 Å². The quantitative estimate of drug-likeness (QED) is 0.875. The smallest absolute Gasteiger partial charge is 0.376 e. The molecule has 3 rings (SSSR count). The van der Waals surface area contributed by atoms with Crippen LogP contribution < -0.4 is 10.9 Å². The van der Waals surface area contributed by atoms with Gasteiger partial charge >= 0.3 is 6.18 Å². The molecule has 0 aliphatic carbocycles. The van der Waals surface area contributed by atoms with Gasteiger partial charge < -0.3 is 14.6 Å². The molecule has 0 saturated carbocycles. The Hall–Kier alpha value is -2.62. The number of carbonyl (C=O) groups excluding carboxylic acids is 1. The fourth-order valence-electron chi connectivity index (χ4n) is 2.86. The number of halogens is 3. The number of pyridine rings is 1. The summed E-state index contributed by atoms with van der Waals surface area (Å²) in [5.74, 6) is -0.577. The van der Waals surface area contributed by atoms with Crippen molar-refractivity contribution in [3.05, 3.63) is 51.2 Å². The summed E-state index contributed by atoms with van der Waals surface area (Å²) in [7, 11) is 1.52. The highest BCUT2D eigenvalue weighted by molar-refractivity contribution is 5.93. The van der Waals surface area contributed by atoms with Gasteiger partial charge in [0.2, 0.25) is 0 Å². The average molecular weight is 370 g/mol. The molecule has 140 valence electrons. The van der Waals surface area contributed by atoms with Gasteiger partial charge in [0.25, 0.3) is 11.5 Å². The number of fused-ring (bicyclic) bond motifs is 1. The van der Waals surface area contributed by atoms with Crippen LogP contribution in [-0.2, 0) is 37.5 Å². The van der Waals surface area contributed by atoms with E-state index in [0.717, 1.165) is 0 Å². The highest BCUT2D eigenvalue weighted by Crippen LogP contribution is 2.34. The second-order valence-corrected chi connectivity index (χ2v) is 5.89. The molecule has 0 aromatic carbocycles. The minimum Gasteiger partial charge on any atom is -0.376 e. The van der Waals surface area contributed by atoms with Crippen molar-refractivity contribution in [2.75, 3.05) is 13.2 Å². The zero-order valence-electron chi connectivity index (χ0n) is 14.0. The molecule has 0 bridgehead atoms. The molecule has 1 N–H and O–H groups in total. The molecule has 3 heterocycles. The van der Waals surface area contributed by atoms with Crippen LogP contribution in [0.5, 0.6) is 0 Å². The second-order valence-electron chi connectivity index (χ2n) is 5.89. The largest absolute Gasteiger partial charge is 0.435 e. The summed E-state index contributed by atoms with van der Waals surface area (Å²) in [6.07, 6.45) is -2.71.